The molecule has 5 nitrogen and oxygen atoms in total. The van der Waals surface area contributed by atoms with Gasteiger partial charge in [-0.05, 0) is 24.6 Å². The van der Waals surface area contributed by atoms with Crippen molar-refractivity contribution in [2.24, 2.45) is 0 Å². The van der Waals surface area contributed by atoms with Gasteiger partial charge in [-0.3, -0.25) is 0 Å². The number of rotatable bonds is 5. The minimum atomic E-state index is -0.156. The molecule has 6 heteroatoms. The summed E-state index contributed by atoms with van der Waals surface area (Å²) >= 11 is 6.03. The number of halogens is 1. The van der Waals surface area contributed by atoms with Crippen molar-refractivity contribution in [2.45, 2.75) is 20.1 Å². The van der Waals surface area contributed by atoms with Crippen molar-refractivity contribution in [1.29, 1.82) is 0 Å². The molecule has 102 valence electrons. The Morgan fingerprint density at radius 1 is 1.37 bits per heavy atom. The molecule has 1 N–H and O–H groups in total. The number of hydrogen-bond donors (Lipinski definition) is 1. The van der Waals surface area contributed by atoms with Crippen LogP contribution in [0.25, 0.3) is 11.4 Å². The van der Waals surface area contributed by atoms with E-state index in [1.165, 1.54) is 0 Å². The van der Waals surface area contributed by atoms with Crippen molar-refractivity contribution >= 4 is 11.6 Å². The summed E-state index contributed by atoms with van der Waals surface area (Å²) in [5.41, 5.74) is 1.97. The molecule has 0 saturated carbocycles. The first-order valence-corrected chi connectivity index (χ1v) is 6.33. The van der Waals surface area contributed by atoms with E-state index in [2.05, 4.69) is 10.2 Å². The lowest BCUT2D eigenvalue weighted by Gasteiger charge is -2.10. The summed E-state index contributed by atoms with van der Waals surface area (Å²) < 4.78 is 6.92. The Kier molecular flexibility index (Phi) is 4.52. The summed E-state index contributed by atoms with van der Waals surface area (Å²) in [4.78, 5) is 0. The van der Waals surface area contributed by atoms with Crippen LogP contribution in [0.2, 0.25) is 5.02 Å². The van der Waals surface area contributed by atoms with E-state index in [9.17, 15) is 5.11 Å². The minimum Gasteiger partial charge on any atom is -0.388 e. The molecule has 0 saturated heterocycles. The molecule has 0 spiro atoms. The number of aliphatic hydroxyl groups excluding tert-OH is 1. The van der Waals surface area contributed by atoms with Crippen LogP contribution in [0.5, 0.6) is 0 Å². The highest BCUT2D eigenvalue weighted by molar-refractivity contribution is 6.30. The average Bonchev–Trinajstić information content (AvgIpc) is 2.81. The van der Waals surface area contributed by atoms with Gasteiger partial charge in [-0.2, -0.15) is 0 Å². The third-order valence-corrected chi connectivity index (χ3v) is 3.16. The van der Waals surface area contributed by atoms with Crippen molar-refractivity contribution in [1.82, 2.24) is 14.8 Å². The molecule has 19 heavy (non-hydrogen) atoms. The van der Waals surface area contributed by atoms with Gasteiger partial charge in [0.15, 0.2) is 11.6 Å². The molecular formula is C13H16ClN3O2. The first kappa shape index (κ1) is 14.0. The van der Waals surface area contributed by atoms with E-state index in [0.29, 0.717) is 29.8 Å². The van der Waals surface area contributed by atoms with E-state index in [0.717, 1.165) is 11.1 Å². The number of hydrogen-bond acceptors (Lipinski definition) is 4. The zero-order valence-corrected chi connectivity index (χ0v) is 11.7. The highest BCUT2D eigenvalue weighted by Crippen LogP contribution is 2.25. The van der Waals surface area contributed by atoms with E-state index in [1.54, 1.807) is 7.11 Å². The quantitative estimate of drug-likeness (QED) is 0.911. The maximum absolute atomic E-state index is 9.31. The minimum absolute atomic E-state index is 0.156. The maximum Gasteiger partial charge on any atom is 0.164 e. The standard InChI is InChI=1S/C13H16ClN3O2/c1-9-3-4-10(14)7-11(9)13-16-15-12(8-18)17(13)5-6-19-2/h3-4,7,18H,5-6,8H2,1-2H3. The second-order valence-electron chi connectivity index (χ2n) is 4.20. The van der Waals surface area contributed by atoms with Gasteiger partial charge >= 0.3 is 0 Å². The Balaban J connectivity index is 2.49. The molecule has 0 atom stereocenters. The summed E-state index contributed by atoms with van der Waals surface area (Å²) in [5, 5.41) is 18.1. The van der Waals surface area contributed by atoms with Crippen molar-refractivity contribution < 1.29 is 9.84 Å². The molecule has 0 bridgehead atoms. The largest absolute Gasteiger partial charge is 0.388 e. The first-order valence-electron chi connectivity index (χ1n) is 5.95. The zero-order valence-electron chi connectivity index (χ0n) is 10.9. The van der Waals surface area contributed by atoms with Crippen molar-refractivity contribution in [3.05, 3.63) is 34.6 Å². The molecule has 0 radical (unpaired) electrons. The summed E-state index contributed by atoms with van der Waals surface area (Å²) in [5.74, 6) is 1.22. The Labute approximate surface area is 116 Å². The summed E-state index contributed by atoms with van der Waals surface area (Å²) in [6, 6.07) is 5.63. The van der Waals surface area contributed by atoms with Crippen LogP contribution in [0.4, 0.5) is 0 Å². The third-order valence-electron chi connectivity index (χ3n) is 2.93. The van der Waals surface area contributed by atoms with E-state index < -0.39 is 0 Å². The number of aryl methyl sites for hydroxylation is 1. The number of aromatic nitrogens is 3. The van der Waals surface area contributed by atoms with E-state index in [1.807, 2.05) is 29.7 Å². The van der Waals surface area contributed by atoms with Crippen LogP contribution in [-0.2, 0) is 17.9 Å². The zero-order chi connectivity index (χ0) is 13.8. The van der Waals surface area contributed by atoms with Crippen LogP contribution in [0.1, 0.15) is 11.4 Å². The summed E-state index contributed by atoms with van der Waals surface area (Å²) in [7, 11) is 1.63. The molecule has 2 aromatic rings. The normalized spacial score (nSPS) is 10.9. The predicted octanol–water partition coefficient (Wildman–Crippen LogP) is 2.05. The lowest BCUT2D eigenvalue weighted by Crippen LogP contribution is -2.10. The molecule has 0 aliphatic carbocycles. The first-order chi connectivity index (χ1) is 9.17. The van der Waals surface area contributed by atoms with Gasteiger partial charge in [-0.1, -0.05) is 17.7 Å². The fraction of sp³-hybridized carbons (Fsp3) is 0.385. The smallest absolute Gasteiger partial charge is 0.164 e. The Morgan fingerprint density at radius 3 is 2.84 bits per heavy atom. The molecule has 0 aliphatic heterocycles. The van der Waals surface area contributed by atoms with Gasteiger partial charge in [-0.15, -0.1) is 10.2 Å². The lowest BCUT2D eigenvalue weighted by molar-refractivity contribution is 0.183. The van der Waals surface area contributed by atoms with Crippen LogP contribution in [0, 0.1) is 6.92 Å². The predicted molar refractivity (Wildman–Crippen MR) is 73.0 cm³/mol. The van der Waals surface area contributed by atoms with E-state index in [-0.39, 0.29) is 6.61 Å². The van der Waals surface area contributed by atoms with E-state index in [4.69, 9.17) is 16.3 Å². The molecule has 0 fully saturated rings. The monoisotopic (exact) mass is 281 g/mol. The van der Waals surface area contributed by atoms with Gasteiger partial charge in [0.2, 0.25) is 0 Å². The van der Waals surface area contributed by atoms with Gasteiger partial charge in [0.05, 0.1) is 6.61 Å². The van der Waals surface area contributed by atoms with Crippen molar-refractivity contribution in [3.63, 3.8) is 0 Å². The summed E-state index contributed by atoms with van der Waals surface area (Å²) in [6.07, 6.45) is 0. The molecular weight excluding hydrogens is 266 g/mol. The van der Waals surface area contributed by atoms with Gasteiger partial charge in [0, 0.05) is 24.2 Å². The number of benzene rings is 1. The van der Waals surface area contributed by atoms with E-state index >= 15 is 0 Å². The molecule has 0 amide bonds. The van der Waals surface area contributed by atoms with Crippen LogP contribution in [-0.4, -0.2) is 33.6 Å². The van der Waals surface area contributed by atoms with Crippen molar-refractivity contribution in [3.8, 4) is 11.4 Å². The topological polar surface area (TPSA) is 60.2 Å². The number of aliphatic hydroxyl groups is 1. The lowest BCUT2D eigenvalue weighted by atomic mass is 10.1. The van der Waals surface area contributed by atoms with Crippen LogP contribution < -0.4 is 0 Å². The van der Waals surface area contributed by atoms with Crippen LogP contribution in [0.3, 0.4) is 0 Å². The number of ether oxygens (including phenoxy) is 1. The summed E-state index contributed by atoms with van der Waals surface area (Å²) in [6.45, 7) is 2.94. The molecule has 0 unspecified atom stereocenters. The Morgan fingerprint density at radius 2 is 2.16 bits per heavy atom. The highest BCUT2D eigenvalue weighted by atomic mass is 35.5. The molecule has 1 aromatic carbocycles. The van der Waals surface area contributed by atoms with Crippen molar-refractivity contribution in [2.75, 3.05) is 13.7 Å². The molecule has 2 rings (SSSR count). The van der Waals surface area contributed by atoms with Gasteiger partial charge < -0.3 is 14.4 Å². The van der Waals surface area contributed by atoms with Gasteiger partial charge in [0.25, 0.3) is 0 Å². The fourth-order valence-electron chi connectivity index (χ4n) is 1.90. The third kappa shape index (κ3) is 2.94. The van der Waals surface area contributed by atoms with Crippen LogP contribution >= 0.6 is 11.6 Å². The Hall–Kier alpha value is -1.43. The maximum atomic E-state index is 9.31. The highest BCUT2D eigenvalue weighted by Gasteiger charge is 2.15. The van der Waals surface area contributed by atoms with Crippen LogP contribution in [0.15, 0.2) is 18.2 Å². The second-order valence-corrected chi connectivity index (χ2v) is 4.64. The second kappa shape index (κ2) is 6.14. The molecule has 0 aliphatic rings. The number of nitrogens with zero attached hydrogens (tertiary/aromatic N) is 3. The fourth-order valence-corrected chi connectivity index (χ4v) is 2.08. The van der Waals surface area contributed by atoms with Gasteiger partial charge in [-0.25, -0.2) is 0 Å². The molecule has 1 aromatic heterocycles. The average molecular weight is 282 g/mol. The SMILES string of the molecule is COCCn1c(CO)nnc1-c1cc(Cl)ccc1C. The number of methoxy groups -OCH3 is 1. The van der Waals surface area contributed by atoms with Gasteiger partial charge in [0.1, 0.15) is 6.61 Å². The molecule has 1 heterocycles. The Bertz CT molecular complexity index is 569.